The van der Waals surface area contributed by atoms with Crippen molar-refractivity contribution in [1.82, 2.24) is 15.1 Å². The van der Waals surface area contributed by atoms with Gasteiger partial charge in [-0.15, -0.1) is 0 Å². The topological polar surface area (TPSA) is 83.8 Å². The molecule has 0 saturated carbocycles. The molecule has 0 unspecified atom stereocenters. The van der Waals surface area contributed by atoms with Crippen molar-refractivity contribution < 1.29 is 9.32 Å². The lowest BCUT2D eigenvalue weighted by atomic mass is 9.89. The third kappa shape index (κ3) is 2.91. The van der Waals surface area contributed by atoms with Gasteiger partial charge in [0, 0.05) is 29.5 Å². The van der Waals surface area contributed by atoms with Gasteiger partial charge in [0.05, 0.1) is 11.4 Å². The number of imidazole rings is 1. The molecule has 0 aromatic carbocycles. The molecule has 2 N–H and O–H groups in total. The molecule has 6 nitrogen and oxygen atoms in total. The molecule has 22 heavy (non-hydrogen) atoms. The standard InChI is InChI=1S/C16H22N4O2/c1-9-17-11-6-5-10(7-12(11)18-9)15(21)19-14-8-13(20-22-14)16(2,3)4/h8,10H,5-7H2,1-4H3,(H,17,18)(H,19,21)/t10-/m1/s1. The smallest absolute Gasteiger partial charge is 0.231 e. The maximum atomic E-state index is 12.4. The normalized spacial score (nSPS) is 18.1. The minimum absolute atomic E-state index is 0.0190. The van der Waals surface area contributed by atoms with Gasteiger partial charge in [0.15, 0.2) is 0 Å². The first-order valence-electron chi connectivity index (χ1n) is 7.65. The highest BCUT2D eigenvalue weighted by Gasteiger charge is 2.28. The quantitative estimate of drug-likeness (QED) is 0.893. The van der Waals surface area contributed by atoms with Crippen LogP contribution < -0.4 is 5.32 Å². The lowest BCUT2D eigenvalue weighted by Crippen LogP contribution is -2.28. The van der Waals surface area contributed by atoms with Gasteiger partial charge in [0.1, 0.15) is 5.82 Å². The first-order valence-corrected chi connectivity index (χ1v) is 7.65. The Hall–Kier alpha value is -2.11. The maximum absolute atomic E-state index is 12.4. The fourth-order valence-corrected chi connectivity index (χ4v) is 2.76. The van der Waals surface area contributed by atoms with E-state index in [9.17, 15) is 4.79 Å². The van der Waals surface area contributed by atoms with Crippen LogP contribution in [0.2, 0.25) is 0 Å². The van der Waals surface area contributed by atoms with Gasteiger partial charge in [-0.25, -0.2) is 4.98 Å². The summed E-state index contributed by atoms with van der Waals surface area (Å²) in [5, 5.41) is 6.86. The zero-order valence-corrected chi connectivity index (χ0v) is 13.5. The molecule has 3 rings (SSSR count). The Morgan fingerprint density at radius 3 is 2.91 bits per heavy atom. The van der Waals surface area contributed by atoms with Crippen molar-refractivity contribution in [3.05, 3.63) is 29.0 Å². The Morgan fingerprint density at radius 2 is 2.23 bits per heavy atom. The molecule has 6 heteroatoms. The second-order valence-electron chi connectivity index (χ2n) is 7.00. The Labute approximate surface area is 129 Å². The minimum Gasteiger partial charge on any atom is -0.346 e. The second-order valence-corrected chi connectivity index (χ2v) is 7.00. The van der Waals surface area contributed by atoms with E-state index in [1.807, 2.05) is 6.92 Å². The number of rotatable bonds is 2. The molecule has 0 spiro atoms. The van der Waals surface area contributed by atoms with Crippen molar-refractivity contribution in [2.75, 3.05) is 5.32 Å². The molecule has 1 amide bonds. The number of fused-ring (bicyclic) bond motifs is 1. The number of anilines is 1. The molecule has 1 atom stereocenters. The van der Waals surface area contributed by atoms with Crippen LogP contribution in [0.1, 0.15) is 50.1 Å². The number of amides is 1. The van der Waals surface area contributed by atoms with Gasteiger partial charge in [-0.3, -0.25) is 10.1 Å². The van der Waals surface area contributed by atoms with E-state index in [-0.39, 0.29) is 17.2 Å². The second kappa shape index (κ2) is 5.26. The van der Waals surface area contributed by atoms with Gasteiger partial charge >= 0.3 is 0 Å². The van der Waals surface area contributed by atoms with Crippen LogP contribution in [-0.4, -0.2) is 21.0 Å². The van der Waals surface area contributed by atoms with E-state index in [0.717, 1.165) is 35.7 Å². The zero-order chi connectivity index (χ0) is 15.9. The third-order valence-electron chi connectivity index (χ3n) is 4.06. The molecule has 0 bridgehead atoms. The average molecular weight is 302 g/mol. The van der Waals surface area contributed by atoms with E-state index < -0.39 is 0 Å². The molecule has 0 radical (unpaired) electrons. The number of hydrogen-bond acceptors (Lipinski definition) is 4. The van der Waals surface area contributed by atoms with Crippen molar-refractivity contribution in [3.8, 4) is 0 Å². The predicted octanol–water partition coefficient (Wildman–Crippen LogP) is 2.75. The van der Waals surface area contributed by atoms with Gasteiger partial charge in [-0.05, 0) is 19.8 Å². The number of aromatic nitrogens is 3. The van der Waals surface area contributed by atoms with Crippen molar-refractivity contribution in [2.45, 2.75) is 52.4 Å². The molecular weight excluding hydrogens is 280 g/mol. The summed E-state index contributed by atoms with van der Waals surface area (Å²) in [5.41, 5.74) is 2.91. The van der Waals surface area contributed by atoms with Crippen LogP contribution in [0.4, 0.5) is 5.88 Å². The molecule has 0 saturated heterocycles. The molecule has 2 aromatic rings. The number of H-pyrrole nitrogens is 1. The van der Waals surface area contributed by atoms with Crippen LogP contribution in [0.5, 0.6) is 0 Å². The van der Waals surface area contributed by atoms with Gasteiger partial charge < -0.3 is 9.51 Å². The summed E-state index contributed by atoms with van der Waals surface area (Å²) in [5.74, 6) is 1.25. The number of nitrogens with one attached hydrogen (secondary N) is 2. The molecule has 0 aliphatic heterocycles. The predicted molar refractivity (Wildman–Crippen MR) is 82.7 cm³/mol. The Kier molecular flexibility index (Phi) is 3.54. The van der Waals surface area contributed by atoms with E-state index in [2.05, 4.69) is 41.2 Å². The summed E-state index contributed by atoms with van der Waals surface area (Å²) in [6, 6.07) is 1.80. The van der Waals surface area contributed by atoms with Crippen LogP contribution in [0.25, 0.3) is 0 Å². The van der Waals surface area contributed by atoms with Crippen molar-refractivity contribution in [3.63, 3.8) is 0 Å². The summed E-state index contributed by atoms with van der Waals surface area (Å²) >= 11 is 0. The zero-order valence-electron chi connectivity index (χ0n) is 13.5. The van der Waals surface area contributed by atoms with Crippen molar-refractivity contribution in [1.29, 1.82) is 0 Å². The molecular formula is C16H22N4O2. The summed E-state index contributed by atoms with van der Waals surface area (Å²) in [6.07, 6.45) is 2.34. The van der Waals surface area contributed by atoms with Crippen LogP contribution in [-0.2, 0) is 23.1 Å². The maximum Gasteiger partial charge on any atom is 0.231 e. The number of hydrogen-bond donors (Lipinski definition) is 2. The van der Waals surface area contributed by atoms with E-state index >= 15 is 0 Å². The van der Waals surface area contributed by atoms with Gasteiger partial charge in [-0.2, -0.15) is 0 Å². The van der Waals surface area contributed by atoms with Crippen LogP contribution in [0.3, 0.4) is 0 Å². The van der Waals surface area contributed by atoms with Gasteiger partial charge in [-0.1, -0.05) is 25.9 Å². The number of aryl methyl sites for hydroxylation is 2. The molecule has 0 fully saturated rings. The summed E-state index contributed by atoms with van der Waals surface area (Å²) in [6.45, 7) is 8.11. The first kappa shape index (κ1) is 14.8. The largest absolute Gasteiger partial charge is 0.346 e. The van der Waals surface area contributed by atoms with Crippen LogP contribution >= 0.6 is 0 Å². The van der Waals surface area contributed by atoms with Crippen molar-refractivity contribution >= 4 is 11.8 Å². The SMILES string of the molecule is Cc1nc2c([nH]1)C[C@H](C(=O)Nc1cc(C(C)(C)C)no1)CC2. The van der Waals surface area contributed by atoms with E-state index in [4.69, 9.17) is 4.52 Å². The highest BCUT2D eigenvalue weighted by Crippen LogP contribution is 2.27. The monoisotopic (exact) mass is 302 g/mol. The van der Waals surface area contributed by atoms with Gasteiger partial charge in [0.2, 0.25) is 11.8 Å². The number of nitrogens with zero attached hydrogens (tertiary/aromatic N) is 2. The fourth-order valence-electron chi connectivity index (χ4n) is 2.76. The average Bonchev–Trinajstić information content (AvgIpc) is 3.02. The third-order valence-corrected chi connectivity index (χ3v) is 4.06. The lowest BCUT2D eigenvalue weighted by Gasteiger charge is -2.19. The highest BCUT2D eigenvalue weighted by molar-refractivity contribution is 5.91. The van der Waals surface area contributed by atoms with E-state index in [1.54, 1.807) is 6.07 Å². The van der Waals surface area contributed by atoms with Crippen molar-refractivity contribution in [2.24, 2.45) is 5.92 Å². The summed E-state index contributed by atoms with van der Waals surface area (Å²) in [7, 11) is 0. The Balaban J connectivity index is 1.67. The number of carbonyl (C=O) groups excluding carboxylic acids is 1. The Morgan fingerprint density at radius 1 is 1.45 bits per heavy atom. The molecule has 1 aliphatic rings. The molecule has 118 valence electrons. The lowest BCUT2D eigenvalue weighted by molar-refractivity contribution is -0.120. The molecule has 2 heterocycles. The Bertz CT molecular complexity index is 693. The number of carbonyl (C=O) groups is 1. The fraction of sp³-hybridized carbons (Fsp3) is 0.562. The molecule has 2 aromatic heterocycles. The van der Waals surface area contributed by atoms with E-state index in [0.29, 0.717) is 12.3 Å². The van der Waals surface area contributed by atoms with Crippen LogP contribution in [0.15, 0.2) is 10.6 Å². The van der Waals surface area contributed by atoms with Crippen LogP contribution in [0, 0.1) is 12.8 Å². The minimum atomic E-state index is -0.0976. The highest BCUT2D eigenvalue weighted by atomic mass is 16.5. The number of aromatic amines is 1. The summed E-state index contributed by atoms with van der Waals surface area (Å²) in [4.78, 5) is 20.1. The first-order chi connectivity index (χ1) is 10.3. The van der Waals surface area contributed by atoms with E-state index in [1.165, 1.54) is 0 Å². The summed E-state index contributed by atoms with van der Waals surface area (Å²) < 4.78 is 5.22. The van der Waals surface area contributed by atoms with Gasteiger partial charge in [0.25, 0.3) is 0 Å². The molecule has 1 aliphatic carbocycles.